The molecule has 4 fully saturated rings. The van der Waals surface area contributed by atoms with Gasteiger partial charge in [-0.05, 0) is 79.4 Å². The molecule has 0 radical (unpaired) electrons. The fourth-order valence-corrected chi connectivity index (χ4v) is 6.51. The van der Waals surface area contributed by atoms with Gasteiger partial charge in [0.1, 0.15) is 5.92 Å². The number of nitrogens with one attached hydrogen (secondary N) is 2. The van der Waals surface area contributed by atoms with Crippen molar-refractivity contribution in [2.45, 2.75) is 50.4 Å². The molecular formula is C23H27N3O3. The zero-order valence-corrected chi connectivity index (χ0v) is 16.4. The smallest absolute Gasteiger partial charge is 0.316 e. The first kappa shape index (κ1) is 18.4. The van der Waals surface area contributed by atoms with Crippen LogP contribution < -0.4 is 5.32 Å². The normalized spacial score (nSPS) is 30.8. The molecule has 6 heteroatoms. The maximum absolute atomic E-state index is 12.6. The van der Waals surface area contributed by atoms with Gasteiger partial charge in [0.05, 0.1) is 6.33 Å². The number of aliphatic carboxylic acids is 1. The number of imidazole rings is 1. The molecule has 2 aromatic rings. The van der Waals surface area contributed by atoms with Gasteiger partial charge in [0.2, 0.25) is 5.91 Å². The molecule has 4 aliphatic rings. The molecule has 4 aliphatic carbocycles. The van der Waals surface area contributed by atoms with Crippen molar-refractivity contribution in [2.75, 3.05) is 5.32 Å². The summed E-state index contributed by atoms with van der Waals surface area (Å²) < 4.78 is 0. The summed E-state index contributed by atoms with van der Waals surface area (Å²) in [6, 6.07) is 8.16. The summed E-state index contributed by atoms with van der Waals surface area (Å²) in [5.74, 6) is -0.131. The van der Waals surface area contributed by atoms with Gasteiger partial charge in [0.25, 0.3) is 0 Å². The first-order chi connectivity index (χ1) is 14.0. The third kappa shape index (κ3) is 3.45. The number of aromatic amines is 1. The number of carbonyl (C=O) groups is 2. The average Bonchev–Trinajstić information content (AvgIpc) is 3.18. The van der Waals surface area contributed by atoms with Crippen molar-refractivity contribution in [2.24, 2.45) is 23.7 Å². The fraction of sp³-hybridized carbons (Fsp3) is 0.522. The standard InChI is InChI=1S/C23H27N3O3/c27-21(20(22(28)29)8-19-12-24-13-25-19)26-18-3-1-17(2-4-18)23-9-14-5-15(10-23)7-16(6-14)11-23/h1-4,12-16,20H,5-11H2,(H,24,25)(H,26,27)(H,28,29)/t14?,15?,16?,20-,23?/m0/s1. The summed E-state index contributed by atoms with van der Waals surface area (Å²) in [7, 11) is 0. The SMILES string of the molecule is O=C(O)[C@@H](Cc1cnc[nH]1)C(=O)Nc1ccc(C23CC4CC(CC(C4)C2)C3)cc1. The van der Waals surface area contributed by atoms with Crippen LogP contribution in [0.25, 0.3) is 0 Å². The highest BCUT2D eigenvalue weighted by molar-refractivity contribution is 6.04. The number of carbonyl (C=O) groups excluding carboxylic acids is 1. The number of aromatic nitrogens is 2. The largest absolute Gasteiger partial charge is 0.481 e. The monoisotopic (exact) mass is 393 g/mol. The minimum Gasteiger partial charge on any atom is -0.481 e. The van der Waals surface area contributed by atoms with Crippen molar-refractivity contribution in [1.82, 2.24) is 9.97 Å². The molecule has 0 aliphatic heterocycles. The van der Waals surface area contributed by atoms with Crippen LogP contribution in [0.3, 0.4) is 0 Å². The van der Waals surface area contributed by atoms with E-state index in [0.717, 1.165) is 17.8 Å². The van der Waals surface area contributed by atoms with Crippen LogP contribution in [0.1, 0.15) is 49.8 Å². The van der Waals surface area contributed by atoms with Gasteiger partial charge in [0, 0.05) is 24.0 Å². The van der Waals surface area contributed by atoms with Crippen LogP contribution in [0.5, 0.6) is 0 Å². The number of anilines is 1. The Morgan fingerprint density at radius 1 is 1.10 bits per heavy atom. The van der Waals surface area contributed by atoms with E-state index in [9.17, 15) is 14.7 Å². The number of benzene rings is 1. The Morgan fingerprint density at radius 2 is 1.72 bits per heavy atom. The highest BCUT2D eigenvalue weighted by Crippen LogP contribution is 2.60. The lowest BCUT2D eigenvalue weighted by molar-refractivity contribution is -0.145. The summed E-state index contributed by atoms with van der Waals surface area (Å²) in [4.78, 5) is 30.9. The number of carboxylic acids is 1. The minimum absolute atomic E-state index is 0.0898. The first-order valence-corrected chi connectivity index (χ1v) is 10.6. The summed E-state index contributed by atoms with van der Waals surface area (Å²) in [6.07, 6.45) is 11.3. The zero-order valence-electron chi connectivity index (χ0n) is 16.4. The molecule has 6 nitrogen and oxygen atoms in total. The predicted octanol–water partition coefficient (Wildman–Crippen LogP) is 3.76. The van der Waals surface area contributed by atoms with Gasteiger partial charge in [0.15, 0.2) is 0 Å². The van der Waals surface area contributed by atoms with Crippen molar-refractivity contribution >= 4 is 17.6 Å². The van der Waals surface area contributed by atoms with Crippen molar-refractivity contribution in [3.63, 3.8) is 0 Å². The van der Waals surface area contributed by atoms with Crippen LogP contribution in [0.4, 0.5) is 5.69 Å². The zero-order chi connectivity index (χ0) is 20.0. The molecule has 152 valence electrons. The van der Waals surface area contributed by atoms with E-state index in [1.165, 1.54) is 50.4 Å². The highest BCUT2D eigenvalue weighted by atomic mass is 16.4. The van der Waals surface area contributed by atoms with Crippen molar-refractivity contribution in [3.8, 4) is 0 Å². The lowest BCUT2D eigenvalue weighted by Gasteiger charge is -2.57. The Hall–Kier alpha value is -2.63. The second kappa shape index (κ2) is 7.01. The van der Waals surface area contributed by atoms with E-state index in [1.54, 1.807) is 6.20 Å². The van der Waals surface area contributed by atoms with Crippen molar-refractivity contribution in [3.05, 3.63) is 48.0 Å². The Labute approximate surface area is 170 Å². The number of rotatable bonds is 6. The molecule has 1 aromatic carbocycles. The molecule has 0 saturated heterocycles. The molecule has 0 spiro atoms. The number of hydrogen-bond acceptors (Lipinski definition) is 3. The van der Waals surface area contributed by atoms with Gasteiger partial charge in [-0.15, -0.1) is 0 Å². The molecule has 6 rings (SSSR count). The summed E-state index contributed by atoms with van der Waals surface area (Å²) in [5, 5.41) is 12.2. The second-order valence-corrected chi connectivity index (χ2v) is 9.44. The highest BCUT2D eigenvalue weighted by Gasteiger charge is 2.51. The van der Waals surface area contributed by atoms with E-state index in [4.69, 9.17) is 0 Å². The van der Waals surface area contributed by atoms with Crippen LogP contribution in [0.15, 0.2) is 36.8 Å². The van der Waals surface area contributed by atoms with Gasteiger partial charge < -0.3 is 15.4 Å². The Bertz CT molecular complexity index is 869. The van der Waals surface area contributed by atoms with E-state index in [1.807, 2.05) is 12.1 Å². The van der Waals surface area contributed by atoms with Gasteiger partial charge >= 0.3 is 5.97 Å². The van der Waals surface area contributed by atoms with Gasteiger partial charge in [-0.1, -0.05) is 12.1 Å². The number of H-pyrrole nitrogens is 1. The van der Waals surface area contributed by atoms with Gasteiger partial charge in [-0.2, -0.15) is 0 Å². The average molecular weight is 393 g/mol. The van der Waals surface area contributed by atoms with E-state index < -0.39 is 17.8 Å². The number of hydrogen-bond donors (Lipinski definition) is 3. The van der Waals surface area contributed by atoms with E-state index in [0.29, 0.717) is 16.8 Å². The Morgan fingerprint density at radius 3 is 2.24 bits per heavy atom. The van der Waals surface area contributed by atoms with Gasteiger partial charge in [-0.25, -0.2) is 4.98 Å². The van der Waals surface area contributed by atoms with Gasteiger partial charge in [-0.3, -0.25) is 9.59 Å². The number of nitrogens with zero attached hydrogens (tertiary/aromatic N) is 1. The van der Waals surface area contributed by atoms with Crippen LogP contribution in [-0.4, -0.2) is 27.0 Å². The molecule has 1 amide bonds. The lowest BCUT2D eigenvalue weighted by Crippen LogP contribution is -2.48. The third-order valence-electron chi connectivity index (χ3n) is 7.40. The summed E-state index contributed by atoms with van der Waals surface area (Å²) in [6.45, 7) is 0. The van der Waals surface area contributed by atoms with Crippen LogP contribution in [0, 0.1) is 23.7 Å². The second-order valence-electron chi connectivity index (χ2n) is 9.44. The topological polar surface area (TPSA) is 95.1 Å². The van der Waals surface area contributed by atoms with E-state index >= 15 is 0 Å². The van der Waals surface area contributed by atoms with Crippen molar-refractivity contribution < 1.29 is 14.7 Å². The van der Waals surface area contributed by atoms with Crippen LogP contribution in [0.2, 0.25) is 0 Å². The molecule has 29 heavy (non-hydrogen) atoms. The molecule has 0 unspecified atom stereocenters. The fourth-order valence-electron chi connectivity index (χ4n) is 6.51. The molecule has 1 atom stereocenters. The quantitative estimate of drug-likeness (QED) is 0.651. The van der Waals surface area contributed by atoms with Crippen LogP contribution >= 0.6 is 0 Å². The van der Waals surface area contributed by atoms with E-state index in [2.05, 4.69) is 27.4 Å². The third-order valence-corrected chi connectivity index (χ3v) is 7.40. The van der Waals surface area contributed by atoms with E-state index in [-0.39, 0.29) is 6.42 Å². The molecular weight excluding hydrogens is 366 g/mol. The molecule has 1 aromatic heterocycles. The van der Waals surface area contributed by atoms with Crippen molar-refractivity contribution in [1.29, 1.82) is 0 Å². The number of amides is 1. The summed E-state index contributed by atoms with van der Waals surface area (Å²) >= 11 is 0. The summed E-state index contributed by atoms with van der Waals surface area (Å²) in [5.41, 5.74) is 2.99. The van der Waals surface area contributed by atoms with Crippen LogP contribution in [-0.2, 0) is 21.4 Å². The predicted molar refractivity (Wildman–Crippen MR) is 108 cm³/mol. The number of carboxylic acid groups (broad SMARTS) is 1. The molecule has 1 heterocycles. The molecule has 4 saturated carbocycles. The maximum Gasteiger partial charge on any atom is 0.316 e. The lowest BCUT2D eigenvalue weighted by atomic mass is 9.48. The Kier molecular flexibility index (Phi) is 4.45. The minimum atomic E-state index is -1.15. The molecule has 4 bridgehead atoms. The molecule has 3 N–H and O–H groups in total. The maximum atomic E-state index is 12.6. The Balaban J connectivity index is 1.29. The first-order valence-electron chi connectivity index (χ1n) is 10.6.